The van der Waals surface area contributed by atoms with Crippen LogP contribution in [-0.2, 0) is 14.3 Å². The molecule has 2 amide bonds. The molecule has 10 heteroatoms. The van der Waals surface area contributed by atoms with E-state index in [-0.39, 0.29) is 18.9 Å². The molecule has 3 N–H and O–H groups in total. The monoisotopic (exact) mass is 478 g/mol. The summed E-state index contributed by atoms with van der Waals surface area (Å²) in [5, 5.41) is 12.6. The number of halogens is 3. The van der Waals surface area contributed by atoms with Crippen LogP contribution in [0.25, 0.3) is 11.1 Å². The molecule has 7 nitrogen and oxygen atoms in total. The van der Waals surface area contributed by atoms with E-state index in [4.69, 9.17) is 9.84 Å². The maximum Gasteiger partial charge on any atom is 0.417 e. The summed E-state index contributed by atoms with van der Waals surface area (Å²) >= 11 is 0. The first-order valence-electron chi connectivity index (χ1n) is 10.8. The number of carbonyl (C=O) groups excluding carboxylic acids is 2. The largest absolute Gasteiger partial charge is 0.481 e. The minimum Gasteiger partial charge on any atom is -0.481 e. The number of hydrogen-bond acceptors (Lipinski definition) is 4. The van der Waals surface area contributed by atoms with Crippen LogP contribution in [0.15, 0.2) is 48.5 Å². The Balaban J connectivity index is 1.68. The number of benzene rings is 2. The number of alkyl halides is 3. The molecule has 0 bridgehead atoms. The highest BCUT2D eigenvalue weighted by Gasteiger charge is 2.47. The van der Waals surface area contributed by atoms with Gasteiger partial charge < -0.3 is 20.5 Å². The van der Waals surface area contributed by atoms with Gasteiger partial charge in [-0.3, -0.25) is 9.59 Å². The molecule has 0 saturated carbocycles. The number of amides is 2. The number of hydrogen-bond donors (Lipinski definition) is 3. The van der Waals surface area contributed by atoms with Gasteiger partial charge in [-0.1, -0.05) is 61.9 Å². The van der Waals surface area contributed by atoms with Gasteiger partial charge in [0.2, 0.25) is 6.04 Å². The lowest BCUT2D eigenvalue weighted by Crippen LogP contribution is -2.57. The Bertz CT molecular complexity index is 1010. The molecular weight excluding hydrogens is 453 g/mol. The molecule has 1 aliphatic carbocycles. The van der Waals surface area contributed by atoms with Gasteiger partial charge in [0.25, 0.3) is 5.91 Å². The highest BCUT2D eigenvalue weighted by atomic mass is 19.4. The molecule has 34 heavy (non-hydrogen) atoms. The van der Waals surface area contributed by atoms with Gasteiger partial charge in [-0.05, 0) is 28.7 Å². The lowest BCUT2D eigenvalue weighted by Gasteiger charge is -2.24. The van der Waals surface area contributed by atoms with E-state index in [1.807, 2.05) is 48.5 Å². The summed E-state index contributed by atoms with van der Waals surface area (Å²) < 4.78 is 45.7. The van der Waals surface area contributed by atoms with Crippen LogP contribution in [-0.4, -0.2) is 47.9 Å². The highest BCUT2D eigenvalue weighted by Crippen LogP contribution is 2.44. The number of fused-ring (bicyclic) bond motifs is 3. The molecule has 0 aromatic heterocycles. The van der Waals surface area contributed by atoms with Gasteiger partial charge >= 0.3 is 18.2 Å². The Hall–Kier alpha value is -3.56. The third-order valence-electron chi connectivity index (χ3n) is 5.60. The van der Waals surface area contributed by atoms with Crippen LogP contribution >= 0.6 is 0 Å². The molecule has 2 aromatic rings. The maximum absolute atomic E-state index is 13.5. The molecule has 0 aliphatic heterocycles. The Morgan fingerprint density at radius 1 is 1.00 bits per heavy atom. The average Bonchev–Trinajstić information content (AvgIpc) is 3.08. The smallest absolute Gasteiger partial charge is 0.417 e. The maximum atomic E-state index is 13.5. The lowest BCUT2D eigenvalue weighted by molar-refractivity contribution is -0.168. The summed E-state index contributed by atoms with van der Waals surface area (Å²) in [6.45, 7) is 1.49. The molecule has 0 spiro atoms. The number of ether oxygens (including phenoxy) is 1. The minimum atomic E-state index is -5.10. The van der Waals surface area contributed by atoms with Crippen molar-refractivity contribution in [3.05, 3.63) is 59.7 Å². The number of carboxylic acid groups (broad SMARTS) is 1. The fourth-order valence-electron chi connectivity index (χ4n) is 4.12. The molecule has 2 aromatic carbocycles. The molecule has 1 unspecified atom stereocenters. The molecule has 2 atom stereocenters. The minimum absolute atomic E-state index is 0.174. The number of rotatable bonds is 9. The summed E-state index contributed by atoms with van der Waals surface area (Å²) in [6, 6.07) is 11.1. The Morgan fingerprint density at radius 3 is 2.06 bits per heavy atom. The van der Waals surface area contributed by atoms with Crippen molar-refractivity contribution in [2.75, 3.05) is 6.61 Å². The van der Waals surface area contributed by atoms with Crippen molar-refractivity contribution in [1.82, 2.24) is 10.6 Å². The standard InChI is InChI=1S/C24H25F3N2O5/c1-2-7-14(12-20(30)31)28-22(32)21(24(25,26)27)29-23(33)34-13-19-17-10-5-3-8-15(17)16-9-4-6-11-18(16)19/h3-6,8-11,14,19,21H,2,7,12-13H2,1H3,(H,28,32)(H,29,33)(H,30,31)/t14-,21?/m0/s1. The van der Waals surface area contributed by atoms with E-state index in [1.54, 1.807) is 12.2 Å². The van der Waals surface area contributed by atoms with Crippen LogP contribution in [0.5, 0.6) is 0 Å². The first-order chi connectivity index (χ1) is 16.1. The van der Waals surface area contributed by atoms with Crippen molar-refractivity contribution in [3.63, 3.8) is 0 Å². The fourth-order valence-corrected chi connectivity index (χ4v) is 4.12. The van der Waals surface area contributed by atoms with Crippen molar-refractivity contribution in [2.24, 2.45) is 0 Å². The quantitative estimate of drug-likeness (QED) is 0.501. The van der Waals surface area contributed by atoms with Crippen molar-refractivity contribution in [2.45, 2.75) is 50.4 Å². The Labute approximate surface area is 194 Å². The number of nitrogens with one attached hydrogen (secondary N) is 2. The predicted octanol–water partition coefficient (Wildman–Crippen LogP) is 4.22. The van der Waals surface area contributed by atoms with Gasteiger partial charge in [0, 0.05) is 12.0 Å². The van der Waals surface area contributed by atoms with Crippen LogP contribution in [0.3, 0.4) is 0 Å². The van der Waals surface area contributed by atoms with E-state index >= 15 is 0 Å². The zero-order valence-electron chi connectivity index (χ0n) is 18.4. The van der Waals surface area contributed by atoms with Gasteiger partial charge in [0.05, 0.1) is 6.42 Å². The van der Waals surface area contributed by atoms with E-state index < -0.39 is 42.7 Å². The number of carboxylic acids is 1. The van der Waals surface area contributed by atoms with Crippen molar-refractivity contribution >= 4 is 18.0 Å². The second-order valence-electron chi connectivity index (χ2n) is 8.04. The van der Waals surface area contributed by atoms with E-state index in [9.17, 15) is 27.6 Å². The molecule has 0 saturated heterocycles. The van der Waals surface area contributed by atoms with Crippen molar-refractivity contribution < 1.29 is 37.4 Å². The van der Waals surface area contributed by atoms with Gasteiger partial charge in [-0.2, -0.15) is 13.2 Å². The number of aliphatic carboxylic acids is 1. The lowest BCUT2D eigenvalue weighted by atomic mass is 9.98. The van der Waals surface area contributed by atoms with Crippen molar-refractivity contribution in [1.29, 1.82) is 0 Å². The van der Waals surface area contributed by atoms with E-state index in [0.717, 1.165) is 22.3 Å². The normalized spacial score (nSPS) is 14.5. The van der Waals surface area contributed by atoms with Crippen LogP contribution in [0, 0.1) is 0 Å². The summed E-state index contributed by atoms with van der Waals surface area (Å²) in [6.07, 6.45) is -6.41. The van der Waals surface area contributed by atoms with Crippen LogP contribution in [0.2, 0.25) is 0 Å². The Morgan fingerprint density at radius 2 is 1.56 bits per heavy atom. The molecule has 0 heterocycles. The first kappa shape index (κ1) is 25.1. The third-order valence-corrected chi connectivity index (χ3v) is 5.60. The molecule has 182 valence electrons. The number of carbonyl (C=O) groups is 3. The molecular formula is C24H25F3N2O5. The topological polar surface area (TPSA) is 105 Å². The second kappa shape index (κ2) is 10.6. The summed E-state index contributed by atoms with van der Waals surface area (Å²) in [7, 11) is 0. The third kappa shape index (κ3) is 5.86. The summed E-state index contributed by atoms with van der Waals surface area (Å²) in [4.78, 5) is 35.5. The van der Waals surface area contributed by atoms with Crippen molar-refractivity contribution in [3.8, 4) is 11.1 Å². The van der Waals surface area contributed by atoms with Gasteiger partial charge in [0.1, 0.15) is 6.61 Å². The van der Waals surface area contributed by atoms with Gasteiger partial charge in [-0.25, -0.2) is 4.79 Å². The fraction of sp³-hybridized carbons (Fsp3) is 0.375. The molecule has 1 aliphatic rings. The Kier molecular flexibility index (Phi) is 7.80. The summed E-state index contributed by atoms with van der Waals surface area (Å²) in [5.74, 6) is -3.16. The zero-order chi connectivity index (χ0) is 24.9. The molecule has 0 fully saturated rings. The van der Waals surface area contributed by atoms with Crippen LogP contribution in [0.1, 0.15) is 43.2 Å². The van der Waals surface area contributed by atoms with Crippen LogP contribution in [0.4, 0.5) is 18.0 Å². The molecule has 3 rings (SSSR count). The van der Waals surface area contributed by atoms with Gasteiger partial charge in [-0.15, -0.1) is 0 Å². The zero-order valence-corrected chi connectivity index (χ0v) is 18.4. The summed E-state index contributed by atoms with van der Waals surface area (Å²) in [5.41, 5.74) is 3.69. The number of alkyl carbamates (subject to hydrolysis) is 1. The first-order valence-corrected chi connectivity index (χ1v) is 10.8. The van der Waals surface area contributed by atoms with E-state index in [2.05, 4.69) is 5.32 Å². The SMILES string of the molecule is CCC[C@@H](CC(=O)O)NC(=O)C(NC(=O)OCC1c2ccccc2-c2ccccc21)C(F)(F)F. The van der Waals surface area contributed by atoms with Gasteiger partial charge in [0.15, 0.2) is 0 Å². The second-order valence-corrected chi connectivity index (χ2v) is 8.04. The van der Waals surface area contributed by atoms with E-state index in [1.165, 1.54) is 0 Å². The highest BCUT2D eigenvalue weighted by molar-refractivity contribution is 5.87. The van der Waals surface area contributed by atoms with E-state index in [0.29, 0.717) is 6.42 Å². The van der Waals surface area contributed by atoms with Crippen LogP contribution < -0.4 is 10.6 Å². The average molecular weight is 478 g/mol. The molecule has 0 radical (unpaired) electrons. The predicted molar refractivity (Wildman–Crippen MR) is 117 cm³/mol.